The number of carbonyl (C=O) groups excluding carboxylic acids is 3. The van der Waals surface area contributed by atoms with E-state index >= 15 is 0 Å². The molecule has 1 saturated heterocycles. The number of likely N-dealkylation sites (tertiary alicyclic amines) is 1. The first-order valence-electron chi connectivity index (χ1n) is 12.7. The van der Waals surface area contributed by atoms with Gasteiger partial charge in [0.15, 0.2) is 5.78 Å². The van der Waals surface area contributed by atoms with Crippen LogP contribution in [0.2, 0.25) is 10.0 Å². The molecule has 0 saturated carbocycles. The van der Waals surface area contributed by atoms with Crippen LogP contribution in [-0.2, 0) is 20.8 Å². The van der Waals surface area contributed by atoms with Crippen molar-refractivity contribution in [1.29, 1.82) is 0 Å². The van der Waals surface area contributed by atoms with Crippen molar-refractivity contribution in [2.45, 2.75) is 18.6 Å². The molecule has 0 radical (unpaired) electrons. The maximum atomic E-state index is 13.8. The van der Waals surface area contributed by atoms with Gasteiger partial charge in [0.1, 0.15) is 6.04 Å². The molecule has 0 aromatic heterocycles. The number of halogens is 5. The van der Waals surface area contributed by atoms with E-state index in [1.54, 1.807) is 41.7 Å². The van der Waals surface area contributed by atoms with Crippen LogP contribution in [0.25, 0.3) is 12.2 Å². The third-order valence-electron chi connectivity index (χ3n) is 6.49. The van der Waals surface area contributed by atoms with Crippen LogP contribution in [0.5, 0.6) is 0 Å². The summed E-state index contributed by atoms with van der Waals surface area (Å²) in [5.41, 5.74) is 1.45. The van der Waals surface area contributed by atoms with Gasteiger partial charge in [-0.1, -0.05) is 59.6 Å². The number of nitro benzene ring substituents is 1. The van der Waals surface area contributed by atoms with Gasteiger partial charge in [-0.2, -0.15) is 13.2 Å². The molecule has 4 rings (SSSR count). The number of alkyl halides is 3. The van der Waals surface area contributed by atoms with Crippen molar-refractivity contribution in [1.82, 2.24) is 10.2 Å². The number of amides is 2. The van der Waals surface area contributed by atoms with E-state index < -0.39 is 34.7 Å². The number of hydrogen-bond acceptors (Lipinski definition) is 5. The normalized spacial score (nSPS) is 16.3. The van der Waals surface area contributed by atoms with Crippen LogP contribution < -0.4 is 5.32 Å². The topological polar surface area (TPSA) is 110 Å². The molecule has 0 bridgehead atoms. The van der Waals surface area contributed by atoms with E-state index in [0.29, 0.717) is 16.7 Å². The number of hydrogen-bond donors (Lipinski definition) is 1. The molecule has 13 heteroatoms. The third-order valence-corrected chi connectivity index (χ3v) is 7.23. The first-order chi connectivity index (χ1) is 20.3. The van der Waals surface area contributed by atoms with Crippen LogP contribution in [0.4, 0.5) is 18.9 Å². The van der Waals surface area contributed by atoms with E-state index in [0.717, 1.165) is 0 Å². The number of nitrogens with one attached hydrogen (secondary N) is 1. The van der Waals surface area contributed by atoms with Gasteiger partial charge >= 0.3 is 12.1 Å². The van der Waals surface area contributed by atoms with Crippen molar-refractivity contribution in [2.75, 3.05) is 13.1 Å². The number of piperidine rings is 1. The minimum atomic E-state index is -5.23. The Balaban J connectivity index is 1.73. The van der Waals surface area contributed by atoms with E-state index in [1.165, 1.54) is 53.5 Å². The lowest BCUT2D eigenvalue weighted by atomic mass is 9.93. The predicted molar refractivity (Wildman–Crippen MR) is 155 cm³/mol. The van der Waals surface area contributed by atoms with Crippen molar-refractivity contribution < 1.29 is 32.5 Å². The second-order valence-electron chi connectivity index (χ2n) is 9.60. The zero-order valence-electron chi connectivity index (χ0n) is 22.1. The monoisotopic (exact) mass is 631 g/mol. The number of Topliss-reactive ketones (excluding diaryl/α,β-unsaturated/α-hetero) is 1. The number of non-ortho nitro benzene ring substituents is 1. The fourth-order valence-corrected chi connectivity index (χ4v) is 4.71. The Morgan fingerprint density at radius 3 is 2.07 bits per heavy atom. The van der Waals surface area contributed by atoms with Gasteiger partial charge in [0.2, 0.25) is 5.91 Å². The Hall–Kier alpha value is -4.48. The first kappa shape index (κ1) is 31.5. The standard InChI is InChI=1S/C30H22Cl2F3N3O5/c31-24-11-8-20(14-25(24)32)13-22-17-37(16-21(27(22)39)12-19-6-9-23(10-7-19)38(42)43)28(40)26(36-29(41)30(33,34)35)15-18-4-2-1-3-5-18/h1-14,26H,15-17H2,(H,36,41)/b21-12+,22-13+/t26-/m0/s1. The quantitative estimate of drug-likeness (QED) is 0.193. The SMILES string of the molecule is O=C1/C(=C/c2ccc([N+](=O)[O-])cc2)CN(C(=O)[C@H](Cc2ccccc2)NC(=O)C(F)(F)F)C/C1=C\c1ccc(Cl)c(Cl)c1. The molecule has 1 aliphatic heterocycles. The van der Waals surface area contributed by atoms with Crippen molar-refractivity contribution in [3.63, 3.8) is 0 Å². The second-order valence-corrected chi connectivity index (χ2v) is 10.4. The molecule has 0 unspecified atom stereocenters. The lowest BCUT2D eigenvalue weighted by molar-refractivity contribution is -0.384. The molecule has 3 aromatic rings. The van der Waals surface area contributed by atoms with Crippen LogP contribution in [0.1, 0.15) is 16.7 Å². The van der Waals surface area contributed by atoms with Crippen molar-refractivity contribution >= 4 is 58.6 Å². The molecule has 0 spiro atoms. The fourth-order valence-electron chi connectivity index (χ4n) is 4.40. The van der Waals surface area contributed by atoms with Crippen LogP contribution in [0.3, 0.4) is 0 Å². The van der Waals surface area contributed by atoms with Crippen molar-refractivity contribution in [3.8, 4) is 0 Å². The number of benzene rings is 3. The number of nitro groups is 1. The summed E-state index contributed by atoms with van der Waals surface area (Å²) in [6.07, 6.45) is -2.55. The second kappa shape index (κ2) is 13.2. The summed E-state index contributed by atoms with van der Waals surface area (Å²) in [6.45, 7) is -0.566. The predicted octanol–water partition coefficient (Wildman–Crippen LogP) is 6.07. The zero-order valence-corrected chi connectivity index (χ0v) is 23.6. The molecule has 222 valence electrons. The Morgan fingerprint density at radius 1 is 0.930 bits per heavy atom. The fraction of sp³-hybridized carbons (Fsp3) is 0.167. The number of nitrogens with zero attached hydrogens (tertiary/aromatic N) is 2. The van der Waals surface area contributed by atoms with Gasteiger partial charge in [-0.05, 0) is 53.1 Å². The Bertz CT molecular complexity index is 1620. The van der Waals surface area contributed by atoms with E-state index in [4.69, 9.17) is 23.2 Å². The van der Waals surface area contributed by atoms with E-state index in [9.17, 15) is 37.7 Å². The van der Waals surface area contributed by atoms with Gasteiger partial charge in [-0.25, -0.2) is 0 Å². The number of rotatable bonds is 7. The lowest BCUT2D eigenvalue weighted by Gasteiger charge is -2.33. The summed E-state index contributed by atoms with van der Waals surface area (Å²) in [5.74, 6) is -3.57. The highest BCUT2D eigenvalue weighted by Gasteiger charge is 2.42. The van der Waals surface area contributed by atoms with E-state index in [1.807, 2.05) is 0 Å². The highest BCUT2D eigenvalue weighted by molar-refractivity contribution is 6.42. The van der Waals surface area contributed by atoms with Gasteiger partial charge in [0.05, 0.1) is 15.0 Å². The van der Waals surface area contributed by atoms with Crippen LogP contribution in [-0.4, -0.2) is 52.7 Å². The van der Waals surface area contributed by atoms with Gasteiger partial charge < -0.3 is 10.2 Å². The van der Waals surface area contributed by atoms with Gasteiger partial charge in [0, 0.05) is 42.8 Å². The van der Waals surface area contributed by atoms with E-state index in [2.05, 4.69) is 0 Å². The van der Waals surface area contributed by atoms with Crippen molar-refractivity contribution in [3.05, 3.63) is 121 Å². The molecule has 43 heavy (non-hydrogen) atoms. The highest BCUT2D eigenvalue weighted by atomic mass is 35.5. The number of ketones is 1. The molecule has 1 heterocycles. The summed E-state index contributed by atoms with van der Waals surface area (Å²) in [6, 6.07) is 16.5. The maximum Gasteiger partial charge on any atom is 0.471 e. The molecular weight excluding hydrogens is 610 g/mol. The molecule has 8 nitrogen and oxygen atoms in total. The van der Waals surface area contributed by atoms with Crippen LogP contribution in [0.15, 0.2) is 83.9 Å². The Morgan fingerprint density at radius 2 is 1.51 bits per heavy atom. The van der Waals surface area contributed by atoms with Crippen LogP contribution in [0, 0.1) is 10.1 Å². The zero-order chi connectivity index (χ0) is 31.3. The minimum absolute atomic E-state index is 0.0976. The average Bonchev–Trinajstić information content (AvgIpc) is 2.96. The van der Waals surface area contributed by atoms with Crippen molar-refractivity contribution in [2.24, 2.45) is 0 Å². The third kappa shape index (κ3) is 8.08. The molecule has 0 aliphatic carbocycles. The molecule has 1 N–H and O–H groups in total. The summed E-state index contributed by atoms with van der Waals surface area (Å²) < 4.78 is 39.6. The van der Waals surface area contributed by atoms with E-state index in [-0.39, 0.29) is 46.4 Å². The molecule has 1 aliphatic rings. The highest BCUT2D eigenvalue weighted by Crippen LogP contribution is 2.27. The molecule has 1 fully saturated rings. The minimum Gasteiger partial charge on any atom is -0.336 e. The number of carbonyl (C=O) groups is 3. The maximum absolute atomic E-state index is 13.8. The lowest BCUT2D eigenvalue weighted by Crippen LogP contribution is -2.54. The summed E-state index contributed by atoms with van der Waals surface area (Å²) in [4.78, 5) is 50.8. The first-order valence-corrected chi connectivity index (χ1v) is 13.4. The van der Waals surface area contributed by atoms with Gasteiger partial charge in [-0.15, -0.1) is 0 Å². The summed E-state index contributed by atoms with van der Waals surface area (Å²) >= 11 is 12.1. The van der Waals surface area contributed by atoms with Gasteiger partial charge in [0.25, 0.3) is 5.69 Å². The Labute approximate surface area is 253 Å². The molecule has 2 amide bonds. The molecule has 1 atom stereocenters. The largest absolute Gasteiger partial charge is 0.471 e. The average molecular weight is 632 g/mol. The van der Waals surface area contributed by atoms with Gasteiger partial charge in [-0.3, -0.25) is 24.5 Å². The molecular formula is C30H22Cl2F3N3O5. The smallest absolute Gasteiger partial charge is 0.336 e. The molecule has 3 aromatic carbocycles. The summed E-state index contributed by atoms with van der Waals surface area (Å²) in [5, 5.41) is 13.3. The van der Waals surface area contributed by atoms with Crippen LogP contribution >= 0.6 is 23.2 Å². The summed E-state index contributed by atoms with van der Waals surface area (Å²) in [7, 11) is 0. The Kier molecular flexibility index (Phi) is 9.67.